The van der Waals surface area contributed by atoms with Crippen molar-refractivity contribution in [3.05, 3.63) is 66.2 Å². The molecule has 0 atom stereocenters. The van der Waals surface area contributed by atoms with Crippen molar-refractivity contribution < 1.29 is 4.79 Å². The second kappa shape index (κ2) is 7.69. The predicted molar refractivity (Wildman–Crippen MR) is 106 cm³/mol. The maximum atomic E-state index is 12.9. The van der Waals surface area contributed by atoms with Gasteiger partial charge in [-0.05, 0) is 30.9 Å². The van der Waals surface area contributed by atoms with E-state index in [4.69, 9.17) is 4.98 Å². The maximum Gasteiger partial charge on any atom is 0.252 e. The van der Waals surface area contributed by atoms with E-state index in [9.17, 15) is 4.79 Å². The summed E-state index contributed by atoms with van der Waals surface area (Å²) in [7, 11) is 0. The molecule has 0 saturated heterocycles. The molecule has 3 nitrogen and oxygen atoms in total. The van der Waals surface area contributed by atoms with Crippen LogP contribution in [0.25, 0.3) is 22.2 Å². The van der Waals surface area contributed by atoms with Crippen molar-refractivity contribution >= 4 is 16.8 Å². The summed E-state index contributed by atoms with van der Waals surface area (Å²) < 4.78 is 0. The van der Waals surface area contributed by atoms with Crippen molar-refractivity contribution in [1.29, 1.82) is 0 Å². The molecule has 1 fully saturated rings. The number of carbonyl (C=O) groups is 1. The zero-order valence-electron chi connectivity index (χ0n) is 14.9. The molecule has 4 rings (SSSR count). The van der Waals surface area contributed by atoms with Crippen molar-refractivity contribution in [3.8, 4) is 11.3 Å². The van der Waals surface area contributed by atoms with Gasteiger partial charge >= 0.3 is 0 Å². The summed E-state index contributed by atoms with van der Waals surface area (Å²) in [6.45, 7) is 0.774. The number of hydrogen-bond acceptors (Lipinski definition) is 2. The molecule has 0 bridgehead atoms. The van der Waals surface area contributed by atoms with Crippen LogP contribution in [0.2, 0.25) is 0 Å². The minimum absolute atomic E-state index is 0.00588. The molecule has 2 aromatic carbocycles. The number of para-hydroxylation sites is 1. The van der Waals surface area contributed by atoms with Gasteiger partial charge in [-0.25, -0.2) is 4.98 Å². The number of benzene rings is 2. The second-order valence-corrected chi connectivity index (χ2v) is 7.15. The Morgan fingerprint density at radius 3 is 2.50 bits per heavy atom. The van der Waals surface area contributed by atoms with Crippen molar-refractivity contribution in [2.75, 3.05) is 6.54 Å². The fourth-order valence-electron chi connectivity index (χ4n) is 3.84. The van der Waals surface area contributed by atoms with E-state index in [1.807, 2.05) is 60.7 Å². The summed E-state index contributed by atoms with van der Waals surface area (Å²) in [5.41, 5.74) is 3.44. The highest BCUT2D eigenvalue weighted by atomic mass is 16.1. The number of pyridine rings is 1. The van der Waals surface area contributed by atoms with Crippen LogP contribution < -0.4 is 5.32 Å². The first-order valence-electron chi connectivity index (χ1n) is 9.55. The molecule has 3 aromatic rings. The van der Waals surface area contributed by atoms with Gasteiger partial charge in [-0.2, -0.15) is 0 Å². The summed E-state index contributed by atoms with van der Waals surface area (Å²) in [4.78, 5) is 17.7. The van der Waals surface area contributed by atoms with Crippen molar-refractivity contribution in [2.24, 2.45) is 5.92 Å². The van der Waals surface area contributed by atoms with Gasteiger partial charge in [-0.15, -0.1) is 0 Å². The number of hydrogen-bond donors (Lipinski definition) is 1. The lowest BCUT2D eigenvalue weighted by molar-refractivity contribution is 0.0945. The summed E-state index contributed by atoms with van der Waals surface area (Å²) in [6.07, 6.45) is 6.37. The van der Waals surface area contributed by atoms with E-state index in [0.29, 0.717) is 11.5 Å². The Bertz CT molecular complexity index is 898. The van der Waals surface area contributed by atoms with E-state index in [0.717, 1.165) is 28.7 Å². The summed E-state index contributed by atoms with van der Waals surface area (Å²) in [5, 5.41) is 4.08. The van der Waals surface area contributed by atoms with E-state index < -0.39 is 0 Å². The molecule has 1 aromatic heterocycles. The molecule has 1 aliphatic rings. The van der Waals surface area contributed by atoms with E-state index in [2.05, 4.69) is 5.32 Å². The predicted octanol–water partition coefficient (Wildman–Crippen LogP) is 5.21. The average molecular weight is 344 g/mol. The van der Waals surface area contributed by atoms with Gasteiger partial charge in [0.15, 0.2) is 0 Å². The number of aromatic nitrogens is 1. The Balaban J connectivity index is 1.65. The molecule has 1 saturated carbocycles. The summed E-state index contributed by atoms with van der Waals surface area (Å²) >= 11 is 0. The first kappa shape index (κ1) is 16.8. The van der Waals surface area contributed by atoms with Gasteiger partial charge in [0.2, 0.25) is 0 Å². The van der Waals surface area contributed by atoms with Crippen LogP contribution in [0.15, 0.2) is 60.7 Å². The fourth-order valence-corrected chi connectivity index (χ4v) is 3.84. The first-order valence-corrected chi connectivity index (χ1v) is 9.55. The maximum absolute atomic E-state index is 12.9. The molecular weight excluding hydrogens is 320 g/mol. The van der Waals surface area contributed by atoms with Crippen LogP contribution in [0.5, 0.6) is 0 Å². The largest absolute Gasteiger partial charge is 0.352 e. The monoisotopic (exact) mass is 344 g/mol. The van der Waals surface area contributed by atoms with Gasteiger partial charge in [0.05, 0.1) is 16.8 Å². The lowest BCUT2D eigenvalue weighted by atomic mass is 9.89. The van der Waals surface area contributed by atoms with Gasteiger partial charge in [-0.1, -0.05) is 67.8 Å². The van der Waals surface area contributed by atoms with Gasteiger partial charge in [0.25, 0.3) is 5.91 Å². The normalized spacial score (nSPS) is 15.1. The lowest BCUT2D eigenvalue weighted by Crippen LogP contribution is -2.30. The van der Waals surface area contributed by atoms with Gasteiger partial charge in [-0.3, -0.25) is 4.79 Å². The summed E-state index contributed by atoms with van der Waals surface area (Å²) in [6, 6.07) is 19.8. The molecular formula is C23H24N2O. The summed E-state index contributed by atoms with van der Waals surface area (Å²) in [5.74, 6) is 0.626. The van der Waals surface area contributed by atoms with Crippen LogP contribution in [-0.2, 0) is 0 Å². The highest BCUT2D eigenvalue weighted by Gasteiger charge is 2.17. The number of nitrogens with zero attached hydrogens (tertiary/aromatic N) is 1. The zero-order chi connectivity index (χ0) is 17.8. The molecule has 1 heterocycles. The lowest BCUT2D eigenvalue weighted by Gasteiger charge is -2.22. The van der Waals surface area contributed by atoms with Gasteiger partial charge < -0.3 is 5.32 Å². The SMILES string of the molecule is O=C(NCC1CCCCC1)c1cc(-c2ccccc2)nc2ccccc12. The zero-order valence-corrected chi connectivity index (χ0v) is 14.9. The Labute approximate surface area is 154 Å². The first-order chi connectivity index (χ1) is 12.8. The molecule has 0 spiro atoms. The van der Waals surface area contributed by atoms with E-state index in [1.54, 1.807) is 0 Å². The highest BCUT2D eigenvalue weighted by molar-refractivity contribution is 6.07. The molecule has 132 valence electrons. The smallest absolute Gasteiger partial charge is 0.252 e. The van der Waals surface area contributed by atoms with Crippen LogP contribution in [-0.4, -0.2) is 17.4 Å². The van der Waals surface area contributed by atoms with E-state index >= 15 is 0 Å². The van der Waals surface area contributed by atoms with Crippen molar-refractivity contribution in [3.63, 3.8) is 0 Å². The molecule has 1 aliphatic carbocycles. The van der Waals surface area contributed by atoms with Gasteiger partial charge in [0.1, 0.15) is 0 Å². The molecule has 3 heteroatoms. The third-order valence-electron chi connectivity index (χ3n) is 5.31. The third-order valence-corrected chi connectivity index (χ3v) is 5.31. The number of nitrogens with one attached hydrogen (secondary N) is 1. The Kier molecular flexibility index (Phi) is 4.96. The third kappa shape index (κ3) is 3.62. The number of amides is 1. The minimum Gasteiger partial charge on any atom is -0.352 e. The molecule has 0 radical (unpaired) electrons. The van der Waals surface area contributed by atoms with Crippen molar-refractivity contribution in [2.45, 2.75) is 32.1 Å². The number of carbonyl (C=O) groups excluding carboxylic acids is 1. The second-order valence-electron chi connectivity index (χ2n) is 7.15. The van der Waals surface area contributed by atoms with Crippen molar-refractivity contribution in [1.82, 2.24) is 10.3 Å². The Hall–Kier alpha value is -2.68. The Morgan fingerprint density at radius 2 is 1.69 bits per heavy atom. The van der Waals surface area contributed by atoms with Crippen LogP contribution in [0.1, 0.15) is 42.5 Å². The molecule has 1 N–H and O–H groups in total. The molecule has 0 aliphatic heterocycles. The van der Waals surface area contributed by atoms with E-state index in [1.165, 1.54) is 32.1 Å². The fraction of sp³-hybridized carbons (Fsp3) is 0.304. The molecule has 1 amide bonds. The number of rotatable bonds is 4. The molecule has 0 unspecified atom stereocenters. The van der Waals surface area contributed by atoms with Crippen LogP contribution >= 0.6 is 0 Å². The van der Waals surface area contributed by atoms with Gasteiger partial charge in [0, 0.05) is 17.5 Å². The highest BCUT2D eigenvalue weighted by Crippen LogP contribution is 2.26. The standard InChI is InChI=1S/C23H24N2O/c26-23(24-16-17-9-3-1-4-10-17)20-15-22(18-11-5-2-6-12-18)25-21-14-8-7-13-19(20)21/h2,5-8,11-15,17H,1,3-4,9-10,16H2,(H,24,26). The minimum atomic E-state index is 0.00588. The number of fused-ring (bicyclic) bond motifs is 1. The quantitative estimate of drug-likeness (QED) is 0.706. The average Bonchev–Trinajstić information content (AvgIpc) is 2.72. The topological polar surface area (TPSA) is 42.0 Å². The Morgan fingerprint density at radius 1 is 0.962 bits per heavy atom. The molecule has 26 heavy (non-hydrogen) atoms. The van der Waals surface area contributed by atoms with Crippen LogP contribution in [0, 0.1) is 5.92 Å². The van der Waals surface area contributed by atoms with Crippen LogP contribution in [0.3, 0.4) is 0 Å². The van der Waals surface area contributed by atoms with E-state index in [-0.39, 0.29) is 5.91 Å². The van der Waals surface area contributed by atoms with Crippen LogP contribution in [0.4, 0.5) is 0 Å².